The van der Waals surface area contributed by atoms with Crippen LogP contribution in [0.25, 0.3) is 0 Å². The van der Waals surface area contributed by atoms with Crippen molar-refractivity contribution in [2.45, 2.75) is 6.42 Å². The van der Waals surface area contributed by atoms with Gasteiger partial charge in [-0.25, -0.2) is 5.10 Å². The number of aromatic nitrogens is 2. The van der Waals surface area contributed by atoms with E-state index in [0.29, 0.717) is 0 Å². The van der Waals surface area contributed by atoms with Gasteiger partial charge in [0.05, 0.1) is 26.0 Å². The van der Waals surface area contributed by atoms with Crippen LogP contribution in [0, 0.1) is 0 Å². The first kappa shape index (κ1) is 10.4. The molecule has 0 spiro atoms. The molecule has 0 aliphatic carbocycles. The Hall–Kier alpha value is -1.07. The molecule has 0 amide bonds. The summed E-state index contributed by atoms with van der Waals surface area (Å²) in [5.41, 5.74) is 0. The monoisotopic (exact) mass is 211 g/mol. The Morgan fingerprint density at radius 2 is 2.33 bits per heavy atom. The maximum Gasteiger partial charge on any atom is 0.208 e. The van der Waals surface area contributed by atoms with Crippen molar-refractivity contribution in [2.75, 3.05) is 39.5 Å². The molecular weight excluding hydrogens is 194 g/mol. The van der Waals surface area contributed by atoms with Crippen LogP contribution in [0.15, 0.2) is 12.3 Å². The summed E-state index contributed by atoms with van der Waals surface area (Å²) in [5, 5.41) is 6.58. The topological polar surface area (TPSA) is 50.4 Å². The Kier molecular flexibility index (Phi) is 3.99. The number of aromatic amines is 1. The number of hydrogen-bond acceptors (Lipinski definition) is 4. The molecule has 1 aromatic rings. The van der Waals surface area contributed by atoms with Gasteiger partial charge >= 0.3 is 0 Å². The second kappa shape index (κ2) is 5.72. The Bertz CT molecular complexity index is 258. The van der Waals surface area contributed by atoms with Gasteiger partial charge in [0.2, 0.25) is 5.88 Å². The molecule has 1 N–H and O–H groups in total. The number of H-pyrrole nitrogens is 1. The molecule has 2 heterocycles. The summed E-state index contributed by atoms with van der Waals surface area (Å²) in [7, 11) is 0. The average molecular weight is 211 g/mol. The van der Waals surface area contributed by atoms with E-state index in [9.17, 15) is 0 Å². The molecule has 0 unspecified atom stereocenters. The molecule has 0 radical (unpaired) electrons. The SMILES string of the molecule is c1cc(OCCCN2CCOCC2)[nH]n1. The second-order valence-corrected chi connectivity index (χ2v) is 3.58. The van der Waals surface area contributed by atoms with Crippen LogP contribution in [0.5, 0.6) is 5.88 Å². The Morgan fingerprint density at radius 3 is 3.07 bits per heavy atom. The number of rotatable bonds is 5. The number of nitrogens with zero attached hydrogens (tertiary/aromatic N) is 2. The third-order valence-electron chi connectivity index (χ3n) is 2.46. The van der Waals surface area contributed by atoms with Crippen molar-refractivity contribution in [1.29, 1.82) is 0 Å². The lowest BCUT2D eigenvalue weighted by Crippen LogP contribution is -2.37. The van der Waals surface area contributed by atoms with Gasteiger partial charge in [0.1, 0.15) is 0 Å². The summed E-state index contributed by atoms with van der Waals surface area (Å²) in [6.45, 7) is 5.63. The predicted octanol–water partition coefficient (Wildman–Crippen LogP) is 0.511. The summed E-state index contributed by atoms with van der Waals surface area (Å²) in [4.78, 5) is 2.40. The lowest BCUT2D eigenvalue weighted by atomic mass is 10.3. The minimum atomic E-state index is 0.736. The first-order chi connectivity index (χ1) is 7.45. The van der Waals surface area contributed by atoms with Gasteiger partial charge in [-0.15, -0.1) is 0 Å². The van der Waals surface area contributed by atoms with Crippen molar-refractivity contribution in [3.8, 4) is 5.88 Å². The van der Waals surface area contributed by atoms with E-state index >= 15 is 0 Å². The van der Waals surface area contributed by atoms with Crippen molar-refractivity contribution in [3.05, 3.63) is 12.3 Å². The van der Waals surface area contributed by atoms with E-state index in [4.69, 9.17) is 9.47 Å². The highest BCUT2D eigenvalue weighted by molar-refractivity contribution is 5.03. The molecule has 1 saturated heterocycles. The summed E-state index contributed by atoms with van der Waals surface area (Å²) < 4.78 is 10.7. The zero-order chi connectivity index (χ0) is 10.3. The van der Waals surface area contributed by atoms with E-state index < -0.39 is 0 Å². The third kappa shape index (κ3) is 3.53. The molecule has 0 saturated carbocycles. The molecule has 5 heteroatoms. The quantitative estimate of drug-likeness (QED) is 0.721. The van der Waals surface area contributed by atoms with Crippen molar-refractivity contribution in [2.24, 2.45) is 0 Å². The molecule has 0 bridgehead atoms. The Labute approximate surface area is 89.4 Å². The van der Waals surface area contributed by atoms with Crippen LogP contribution in [-0.2, 0) is 4.74 Å². The van der Waals surface area contributed by atoms with Crippen molar-refractivity contribution in [3.63, 3.8) is 0 Å². The van der Waals surface area contributed by atoms with Gasteiger partial charge in [-0.2, -0.15) is 5.10 Å². The largest absolute Gasteiger partial charge is 0.478 e. The molecule has 0 atom stereocenters. The minimum Gasteiger partial charge on any atom is -0.478 e. The zero-order valence-corrected chi connectivity index (χ0v) is 8.82. The summed E-state index contributed by atoms with van der Waals surface area (Å²) in [6, 6.07) is 1.83. The molecule has 0 aromatic carbocycles. The summed E-state index contributed by atoms with van der Waals surface area (Å²) in [5.74, 6) is 0.747. The van der Waals surface area contributed by atoms with Gasteiger partial charge in [-0.3, -0.25) is 4.90 Å². The fourth-order valence-corrected chi connectivity index (χ4v) is 1.62. The molecule has 84 valence electrons. The lowest BCUT2D eigenvalue weighted by molar-refractivity contribution is 0.0357. The van der Waals surface area contributed by atoms with Crippen LogP contribution in [0.4, 0.5) is 0 Å². The minimum absolute atomic E-state index is 0.736. The van der Waals surface area contributed by atoms with Crippen LogP contribution in [0.3, 0.4) is 0 Å². The molecular formula is C10H17N3O2. The Balaban J connectivity index is 1.54. The molecule has 1 aliphatic rings. The van der Waals surface area contributed by atoms with Gasteiger partial charge in [0.25, 0.3) is 0 Å². The van der Waals surface area contributed by atoms with Crippen LogP contribution < -0.4 is 4.74 Å². The van der Waals surface area contributed by atoms with E-state index in [1.807, 2.05) is 6.07 Å². The number of ether oxygens (including phenoxy) is 2. The van der Waals surface area contributed by atoms with Gasteiger partial charge in [-0.1, -0.05) is 0 Å². The number of hydrogen-bond donors (Lipinski definition) is 1. The van der Waals surface area contributed by atoms with Crippen molar-refractivity contribution < 1.29 is 9.47 Å². The highest BCUT2D eigenvalue weighted by Gasteiger charge is 2.09. The second-order valence-electron chi connectivity index (χ2n) is 3.58. The molecule has 1 fully saturated rings. The van der Waals surface area contributed by atoms with Crippen molar-refractivity contribution >= 4 is 0 Å². The molecule has 1 aromatic heterocycles. The number of nitrogens with one attached hydrogen (secondary N) is 1. The maximum absolute atomic E-state index is 5.46. The smallest absolute Gasteiger partial charge is 0.208 e. The van der Waals surface area contributed by atoms with E-state index in [-0.39, 0.29) is 0 Å². The third-order valence-corrected chi connectivity index (χ3v) is 2.46. The standard InChI is InChI=1S/C10H17N3O2/c1(4-13-5-8-14-9-6-13)7-15-10-2-3-11-12-10/h2-3H,1,4-9H2,(H,11,12). The molecule has 2 rings (SSSR count). The van der Waals surface area contributed by atoms with E-state index in [1.54, 1.807) is 6.20 Å². The van der Waals surface area contributed by atoms with Gasteiger partial charge < -0.3 is 9.47 Å². The van der Waals surface area contributed by atoms with E-state index in [1.165, 1.54) is 0 Å². The summed E-state index contributed by atoms with van der Waals surface area (Å²) in [6.07, 6.45) is 2.73. The van der Waals surface area contributed by atoms with Gasteiger partial charge in [-0.05, 0) is 6.42 Å². The Morgan fingerprint density at radius 1 is 1.47 bits per heavy atom. The van der Waals surface area contributed by atoms with Crippen LogP contribution in [0.1, 0.15) is 6.42 Å². The van der Waals surface area contributed by atoms with E-state index in [0.717, 1.165) is 51.8 Å². The van der Waals surface area contributed by atoms with E-state index in [2.05, 4.69) is 15.1 Å². The normalized spacial score (nSPS) is 17.9. The first-order valence-electron chi connectivity index (χ1n) is 5.37. The molecule has 5 nitrogen and oxygen atoms in total. The average Bonchev–Trinajstić information content (AvgIpc) is 2.79. The van der Waals surface area contributed by atoms with Crippen LogP contribution >= 0.6 is 0 Å². The fourth-order valence-electron chi connectivity index (χ4n) is 1.62. The molecule has 1 aliphatic heterocycles. The molecule has 15 heavy (non-hydrogen) atoms. The number of morpholine rings is 1. The summed E-state index contributed by atoms with van der Waals surface area (Å²) >= 11 is 0. The van der Waals surface area contributed by atoms with Crippen LogP contribution in [0.2, 0.25) is 0 Å². The van der Waals surface area contributed by atoms with Crippen LogP contribution in [-0.4, -0.2) is 54.6 Å². The zero-order valence-electron chi connectivity index (χ0n) is 8.82. The predicted molar refractivity (Wildman–Crippen MR) is 56.0 cm³/mol. The fraction of sp³-hybridized carbons (Fsp3) is 0.700. The highest BCUT2D eigenvalue weighted by atomic mass is 16.5. The lowest BCUT2D eigenvalue weighted by Gasteiger charge is -2.26. The van der Waals surface area contributed by atoms with Gasteiger partial charge in [0, 0.05) is 25.7 Å². The van der Waals surface area contributed by atoms with Crippen molar-refractivity contribution in [1.82, 2.24) is 15.1 Å². The maximum atomic E-state index is 5.46. The first-order valence-corrected chi connectivity index (χ1v) is 5.37. The van der Waals surface area contributed by atoms with Gasteiger partial charge in [0.15, 0.2) is 0 Å². The highest BCUT2D eigenvalue weighted by Crippen LogP contribution is 2.03.